The Labute approximate surface area is 124 Å². The van der Waals surface area contributed by atoms with Crippen LogP contribution in [0.1, 0.15) is 0 Å². The molecule has 2 N–H and O–H groups in total. The zero-order valence-corrected chi connectivity index (χ0v) is 12.7. The normalized spacial score (nSPS) is 20.2. The molecule has 7 nitrogen and oxygen atoms in total. The number of morpholine rings is 1. The van der Waals surface area contributed by atoms with E-state index in [4.69, 9.17) is 15.2 Å². The van der Waals surface area contributed by atoms with Crippen molar-refractivity contribution in [3.63, 3.8) is 0 Å². The van der Waals surface area contributed by atoms with Crippen molar-refractivity contribution in [1.82, 2.24) is 9.29 Å². The summed E-state index contributed by atoms with van der Waals surface area (Å²) in [4.78, 5) is 4.06. The topological polar surface area (TPSA) is 94.8 Å². The molecule has 114 valence electrons. The molecule has 1 atom stereocenters. The number of hydrogen-bond acceptors (Lipinski definition) is 6. The molecule has 1 aliphatic heterocycles. The van der Waals surface area contributed by atoms with Crippen molar-refractivity contribution < 1.29 is 17.9 Å². The van der Waals surface area contributed by atoms with Gasteiger partial charge < -0.3 is 15.2 Å². The maximum absolute atomic E-state index is 12.4. The first-order valence-corrected chi connectivity index (χ1v) is 7.34. The third-order valence-electron chi connectivity index (χ3n) is 2.92. The second kappa shape index (κ2) is 7.19. The van der Waals surface area contributed by atoms with Crippen LogP contribution >= 0.6 is 12.4 Å². The molecule has 1 fully saturated rings. The summed E-state index contributed by atoms with van der Waals surface area (Å²) in [5.41, 5.74) is 5.51. The summed E-state index contributed by atoms with van der Waals surface area (Å²) in [6, 6.07) is 3.00. The van der Waals surface area contributed by atoms with Gasteiger partial charge in [0.25, 0.3) is 0 Å². The van der Waals surface area contributed by atoms with Crippen LogP contribution in [0.2, 0.25) is 0 Å². The van der Waals surface area contributed by atoms with Crippen molar-refractivity contribution in [2.24, 2.45) is 5.73 Å². The number of aromatic nitrogens is 1. The Kier molecular flexibility index (Phi) is 6.15. The van der Waals surface area contributed by atoms with Crippen molar-refractivity contribution in [2.45, 2.75) is 11.0 Å². The summed E-state index contributed by atoms with van der Waals surface area (Å²) in [6.45, 7) is 1.24. The van der Waals surface area contributed by atoms with E-state index in [0.29, 0.717) is 25.6 Å². The first-order chi connectivity index (χ1) is 9.07. The fraction of sp³-hybridized carbons (Fsp3) is 0.545. The van der Waals surface area contributed by atoms with E-state index < -0.39 is 10.0 Å². The van der Waals surface area contributed by atoms with Crippen LogP contribution in [-0.2, 0) is 14.8 Å². The molecule has 1 unspecified atom stereocenters. The molecule has 1 aromatic heterocycles. The quantitative estimate of drug-likeness (QED) is 0.828. The van der Waals surface area contributed by atoms with E-state index in [9.17, 15) is 8.42 Å². The highest BCUT2D eigenvalue weighted by molar-refractivity contribution is 7.89. The van der Waals surface area contributed by atoms with E-state index in [1.54, 1.807) is 0 Å². The highest BCUT2D eigenvalue weighted by Gasteiger charge is 2.30. The summed E-state index contributed by atoms with van der Waals surface area (Å²) in [5, 5.41) is 0. The monoisotopic (exact) mass is 323 g/mol. The predicted molar refractivity (Wildman–Crippen MR) is 75.6 cm³/mol. The molecule has 9 heteroatoms. The first-order valence-electron chi connectivity index (χ1n) is 5.90. The van der Waals surface area contributed by atoms with Crippen LogP contribution in [-0.4, -0.2) is 57.2 Å². The molecule has 2 heterocycles. The lowest BCUT2D eigenvalue weighted by Crippen LogP contribution is -2.48. The Morgan fingerprint density at radius 2 is 2.30 bits per heavy atom. The molecular formula is C11H18ClN3O4S. The summed E-state index contributed by atoms with van der Waals surface area (Å²) < 4.78 is 36.4. The number of hydrogen-bond donors (Lipinski definition) is 1. The minimum absolute atomic E-state index is 0. The lowest BCUT2D eigenvalue weighted by Gasteiger charge is -2.31. The Morgan fingerprint density at radius 1 is 1.55 bits per heavy atom. The predicted octanol–water partition coefficient (Wildman–Crippen LogP) is -0.140. The fourth-order valence-electron chi connectivity index (χ4n) is 1.84. The average Bonchev–Trinajstić information content (AvgIpc) is 2.47. The molecule has 1 aliphatic rings. The molecule has 1 saturated heterocycles. The number of pyridine rings is 1. The third kappa shape index (κ3) is 3.58. The van der Waals surface area contributed by atoms with Gasteiger partial charge in [0.2, 0.25) is 15.9 Å². The van der Waals surface area contributed by atoms with E-state index in [2.05, 4.69) is 4.98 Å². The van der Waals surface area contributed by atoms with Gasteiger partial charge in [-0.05, 0) is 6.07 Å². The molecule has 1 aromatic rings. The van der Waals surface area contributed by atoms with Gasteiger partial charge in [0, 0.05) is 25.7 Å². The number of nitrogens with zero attached hydrogens (tertiary/aromatic N) is 2. The summed E-state index contributed by atoms with van der Waals surface area (Å²) >= 11 is 0. The minimum Gasteiger partial charge on any atom is -0.481 e. The van der Waals surface area contributed by atoms with Gasteiger partial charge in [-0.25, -0.2) is 13.4 Å². The number of rotatable bonds is 4. The molecule has 20 heavy (non-hydrogen) atoms. The average molecular weight is 324 g/mol. The molecule has 2 rings (SSSR count). The molecule has 0 spiro atoms. The molecule has 0 radical (unpaired) electrons. The van der Waals surface area contributed by atoms with Crippen molar-refractivity contribution >= 4 is 22.4 Å². The number of halogens is 1. The van der Waals surface area contributed by atoms with E-state index in [1.807, 2.05) is 0 Å². The highest BCUT2D eigenvalue weighted by Crippen LogP contribution is 2.19. The zero-order chi connectivity index (χ0) is 13.9. The van der Waals surface area contributed by atoms with Gasteiger partial charge in [0.1, 0.15) is 4.90 Å². The number of nitrogens with two attached hydrogens (primary N) is 1. The molecule has 0 aliphatic carbocycles. The van der Waals surface area contributed by atoms with E-state index >= 15 is 0 Å². The second-order valence-corrected chi connectivity index (χ2v) is 6.07. The lowest BCUT2D eigenvalue weighted by atomic mass is 10.3. The van der Waals surface area contributed by atoms with Crippen LogP contribution in [0.5, 0.6) is 5.88 Å². The summed E-state index contributed by atoms with van der Waals surface area (Å²) in [7, 11) is -2.07. The molecule has 0 bridgehead atoms. The maximum Gasteiger partial charge on any atom is 0.244 e. The molecular weight excluding hydrogens is 306 g/mol. The van der Waals surface area contributed by atoms with Crippen LogP contribution in [0.3, 0.4) is 0 Å². The maximum atomic E-state index is 12.4. The Hall–Kier alpha value is -0.930. The number of sulfonamides is 1. The lowest BCUT2D eigenvalue weighted by molar-refractivity contribution is 0.00450. The summed E-state index contributed by atoms with van der Waals surface area (Å²) in [6.07, 6.45) is 1.04. The molecule has 0 saturated carbocycles. The minimum atomic E-state index is -3.55. The van der Waals surface area contributed by atoms with Gasteiger partial charge in [-0.3, -0.25) is 0 Å². The smallest absolute Gasteiger partial charge is 0.244 e. The first kappa shape index (κ1) is 17.1. The van der Waals surface area contributed by atoms with E-state index in [1.165, 1.54) is 29.7 Å². The van der Waals surface area contributed by atoms with Gasteiger partial charge in [-0.1, -0.05) is 0 Å². The van der Waals surface area contributed by atoms with Crippen LogP contribution in [0.4, 0.5) is 0 Å². The van der Waals surface area contributed by atoms with Gasteiger partial charge >= 0.3 is 0 Å². The van der Waals surface area contributed by atoms with Crippen LogP contribution < -0.4 is 10.5 Å². The van der Waals surface area contributed by atoms with Gasteiger partial charge in [0.15, 0.2) is 0 Å². The van der Waals surface area contributed by atoms with E-state index in [-0.39, 0.29) is 30.0 Å². The third-order valence-corrected chi connectivity index (χ3v) is 4.77. The van der Waals surface area contributed by atoms with Crippen molar-refractivity contribution in [2.75, 3.05) is 33.4 Å². The molecule has 0 aromatic carbocycles. The Balaban J connectivity index is 0.00000200. The Bertz CT molecular complexity index is 523. The van der Waals surface area contributed by atoms with Gasteiger partial charge in [-0.15, -0.1) is 12.4 Å². The van der Waals surface area contributed by atoms with Crippen LogP contribution in [0.15, 0.2) is 23.2 Å². The fourth-order valence-corrected chi connectivity index (χ4v) is 3.24. The van der Waals surface area contributed by atoms with Crippen molar-refractivity contribution in [1.29, 1.82) is 0 Å². The SMILES string of the molecule is COc1ccc(S(=O)(=O)N2CCOC(CN)C2)cn1.Cl. The van der Waals surface area contributed by atoms with Crippen molar-refractivity contribution in [3.8, 4) is 5.88 Å². The Morgan fingerprint density at radius 3 is 2.85 bits per heavy atom. The number of methoxy groups -OCH3 is 1. The van der Waals surface area contributed by atoms with E-state index in [0.717, 1.165) is 0 Å². The van der Waals surface area contributed by atoms with Crippen LogP contribution in [0, 0.1) is 0 Å². The molecule has 0 amide bonds. The largest absolute Gasteiger partial charge is 0.481 e. The standard InChI is InChI=1S/C11H17N3O4S.ClH/c1-17-11-3-2-10(7-13-11)19(15,16)14-4-5-18-9(6-12)8-14;/h2-3,7,9H,4-6,8,12H2,1H3;1H. The van der Waals surface area contributed by atoms with Gasteiger partial charge in [-0.2, -0.15) is 4.31 Å². The van der Waals surface area contributed by atoms with Gasteiger partial charge in [0.05, 0.1) is 26.0 Å². The summed E-state index contributed by atoms with van der Waals surface area (Å²) in [5.74, 6) is 0.376. The zero-order valence-electron chi connectivity index (χ0n) is 11.1. The van der Waals surface area contributed by atoms with Crippen molar-refractivity contribution in [3.05, 3.63) is 18.3 Å². The second-order valence-electron chi connectivity index (χ2n) is 4.13. The van der Waals surface area contributed by atoms with Crippen LogP contribution in [0.25, 0.3) is 0 Å². The highest BCUT2D eigenvalue weighted by atomic mass is 35.5. The number of ether oxygens (including phenoxy) is 2.